The van der Waals surface area contributed by atoms with Crippen molar-refractivity contribution in [2.45, 2.75) is 13.5 Å². The zero-order valence-corrected chi connectivity index (χ0v) is 14.5. The van der Waals surface area contributed by atoms with Crippen LogP contribution in [0.4, 0.5) is 5.82 Å². The Labute approximate surface area is 151 Å². The van der Waals surface area contributed by atoms with Crippen molar-refractivity contribution >= 4 is 17.6 Å². The molecule has 0 unspecified atom stereocenters. The summed E-state index contributed by atoms with van der Waals surface area (Å²) in [5.74, 6) is 0.0172. The molecule has 0 radical (unpaired) electrons. The maximum absolute atomic E-state index is 12.2. The van der Waals surface area contributed by atoms with Gasteiger partial charge < -0.3 is 10.6 Å². The molecule has 0 aliphatic heterocycles. The van der Waals surface area contributed by atoms with E-state index >= 15 is 0 Å². The predicted molar refractivity (Wildman–Crippen MR) is 99.9 cm³/mol. The van der Waals surface area contributed by atoms with Crippen LogP contribution in [0.15, 0.2) is 66.7 Å². The van der Waals surface area contributed by atoms with Gasteiger partial charge in [-0.1, -0.05) is 48.5 Å². The summed E-state index contributed by atoms with van der Waals surface area (Å²) < 4.78 is 1.74. The number of hydrogen-bond acceptors (Lipinski definition) is 3. The van der Waals surface area contributed by atoms with Crippen LogP contribution < -0.4 is 10.6 Å². The Morgan fingerprint density at radius 3 is 2.35 bits per heavy atom. The number of anilines is 1. The fourth-order valence-corrected chi connectivity index (χ4v) is 2.56. The quantitative estimate of drug-likeness (QED) is 0.719. The molecule has 2 aromatic carbocycles. The molecule has 1 aromatic heterocycles. The van der Waals surface area contributed by atoms with Gasteiger partial charge in [0.2, 0.25) is 5.91 Å². The highest BCUT2D eigenvalue weighted by Gasteiger charge is 2.11. The van der Waals surface area contributed by atoms with Crippen LogP contribution in [-0.2, 0) is 11.3 Å². The van der Waals surface area contributed by atoms with E-state index in [1.807, 2.05) is 43.3 Å². The Morgan fingerprint density at radius 1 is 1.00 bits per heavy atom. The molecule has 0 spiro atoms. The molecule has 0 aliphatic rings. The molecule has 1 heterocycles. The van der Waals surface area contributed by atoms with E-state index in [9.17, 15) is 9.59 Å². The maximum Gasteiger partial charge on any atom is 0.251 e. The lowest BCUT2D eigenvalue weighted by molar-refractivity contribution is -0.115. The van der Waals surface area contributed by atoms with E-state index in [1.54, 1.807) is 35.0 Å². The van der Waals surface area contributed by atoms with E-state index < -0.39 is 0 Å². The van der Waals surface area contributed by atoms with Crippen molar-refractivity contribution in [3.63, 3.8) is 0 Å². The van der Waals surface area contributed by atoms with Gasteiger partial charge >= 0.3 is 0 Å². The molecule has 3 aromatic rings. The summed E-state index contributed by atoms with van der Waals surface area (Å²) in [6.45, 7) is 2.32. The molecule has 0 fully saturated rings. The van der Waals surface area contributed by atoms with E-state index in [4.69, 9.17) is 0 Å². The Morgan fingerprint density at radius 2 is 1.65 bits per heavy atom. The molecule has 0 bridgehead atoms. The Balaban J connectivity index is 1.60. The van der Waals surface area contributed by atoms with Gasteiger partial charge in [0, 0.05) is 11.6 Å². The second kappa shape index (κ2) is 8.11. The second-order valence-corrected chi connectivity index (χ2v) is 5.91. The van der Waals surface area contributed by atoms with Gasteiger partial charge in [0.25, 0.3) is 5.91 Å². The van der Waals surface area contributed by atoms with Gasteiger partial charge in [-0.3, -0.25) is 9.59 Å². The summed E-state index contributed by atoms with van der Waals surface area (Å²) in [7, 11) is 0. The Hall–Kier alpha value is -3.41. The van der Waals surface area contributed by atoms with Gasteiger partial charge in [0.1, 0.15) is 5.82 Å². The van der Waals surface area contributed by atoms with E-state index in [1.165, 1.54) is 0 Å². The number of hydrogen-bond donors (Lipinski definition) is 2. The fraction of sp³-hybridized carbons (Fsp3) is 0.150. The van der Waals surface area contributed by atoms with Crippen molar-refractivity contribution in [3.05, 3.63) is 83.6 Å². The summed E-state index contributed by atoms with van der Waals surface area (Å²) in [5, 5.41) is 9.84. The molecule has 0 saturated carbocycles. The van der Waals surface area contributed by atoms with E-state index in [2.05, 4.69) is 15.7 Å². The SMILES string of the molecule is Cc1cc(NC(=O)CNC(=O)c2ccccc2)n(Cc2ccccc2)n1. The molecule has 6 nitrogen and oxygen atoms in total. The summed E-state index contributed by atoms with van der Waals surface area (Å²) >= 11 is 0. The van der Waals surface area contributed by atoms with Crippen molar-refractivity contribution in [2.75, 3.05) is 11.9 Å². The molecule has 26 heavy (non-hydrogen) atoms. The third-order valence-corrected chi connectivity index (χ3v) is 3.79. The van der Waals surface area contributed by atoms with Gasteiger partial charge in [-0.2, -0.15) is 5.10 Å². The summed E-state index contributed by atoms with van der Waals surface area (Å²) in [4.78, 5) is 24.2. The molecule has 2 N–H and O–H groups in total. The predicted octanol–water partition coefficient (Wildman–Crippen LogP) is 2.61. The zero-order valence-electron chi connectivity index (χ0n) is 14.5. The van der Waals surface area contributed by atoms with E-state index in [-0.39, 0.29) is 18.4 Å². The molecule has 0 aliphatic carbocycles. The van der Waals surface area contributed by atoms with Gasteiger partial charge in [-0.15, -0.1) is 0 Å². The van der Waals surface area contributed by atoms with Gasteiger partial charge in [0.05, 0.1) is 18.8 Å². The zero-order chi connectivity index (χ0) is 18.4. The van der Waals surface area contributed by atoms with Gasteiger partial charge in [-0.25, -0.2) is 4.68 Å². The Kier molecular flexibility index (Phi) is 5.43. The molecule has 132 valence electrons. The number of nitrogens with one attached hydrogen (secondary N) is 2. The van der Waals surface area contributed by atoms with Crippen LogP contribution >= 0.6 is 0 Å². The molecule has 0 atom stereocenters. The number of nitrogens with zero attached hydrogens (tertiary/aromatic N) is 2. The topological polar surface area (TPSA) is 76.0 Å². The smallest absolute Gasteiger partial charge is 0.251 e. The molecule has 2 amide bonds. The summed E-state index contributed by atoms with van der Waals surface area (Å²) in [5.41, 5.74) is 2.42. The number of aryl methyl sites for hydroxylation is 1. The first-order valence-electron chi connectivity index (χ1n) is 8.33. The van der Waals surface area contributed by atoms with E-state index in [0.29, 0.717) is 17.9 Å². The van der Waals surface area contributed by atoms with Crippen LogP contribution in [0, 0.1) is 6.92 Å². The molecule has 0 saturated heterocycles. The fourth-order valence-electron chi connectivity index (χ4n) is 2.56. The maximum atomic E-state index is 12.2. The lowest BCUT2D eigenvalue weighted by Crippen LogP contribution is -2.33. The van der Waals surface area contributed by atoms with Gasteiger partial charge in [0.15, 0.2) is 0 Å². The van der Waals surface area contributed by atoms with Crippen LogP contribution in [0.3, 0.4) is 0 Å². The van der Waals surface area contributed by atoms with Crippen molar-refractivity contribution in [1.82, 2.24) is 15.1 Å². The second-order valence-electron chi connectivity index (χ2n) is 5.91. The molecular weight excluding hydrogens is 328 g/mol. The number of rotatable bonds is 6. The van der Waals surface area contributed by atoms with Crippen molar-refractivity contribution < 1.29 is 9.59 Å². The standard InChI is InChI=1S/C20H20N4O2/c1-15-12-18(24(23-15)14-16-8-4-2-5-9-16)22-19(25)13-21-20(26)17-10-6-3-7-11-17/h2-12H,13-14H2,1H3,(H,21,26)(H,22,25). The average Bonchev–Trinajstić information content (AvgIpc) is 3.00. The normalized spacial score (nSPS) is 10.3. The number of benzene rings is 2. The number of aromatic nitrogens is 2. The van der Waals surface area contributed by atoms with Crippen LogP contribution in [0.2, 0.25) is 0 Å². The average molecular weight is 348 g/mol. The highest BCUT2D eigenvalue weighted by molar-refractivity contribution is 5.99. The minimum atomic E-state index is -0.302. The first kappa shape index (κ1) is 17.4. The van der Waals surface area contributed by atoms with Crippen molar-refractivity contribution in [2.24, 2.45) is 0 Å². The van der Waals surface area contributed by atoms with Crippen LogP contribution in [0.1, 0.15) is 21.6 Å². The largest absolute Gasteiger partial charge is 0.343 e. The van der Waals surface area contributed by atoms with Crippen LogP contribution in [-0.4, -0.2) is 28.1 Å². The summed E-state index contributed by atoms with van der Waals surface area (Å²) in [6, 6.07) is 20.5. The minimum absolute atomic E-state index is 0.108. The number of amides is 2. The van der Waals surface area contributed by atoms with Crippen molar-refractivity contribution in [1.29, 1.82) is 0 Å². The highest BCUT2D eigenvalue weighted by atomic mass is 16.2. The lowest BCUT2D eigenvalue weighted by atomic mass is 10.2. The number of carbonyl (C=O) groups is 2. The van der Waals surface area contributed by atoms with E-state index in [0.717, 1.165) is 11.3 Å². The monoisotopic (exact) mass is 348 g/mol. The molecular formula is C20H20N4O2. The minimum Gasteiger partial charge on any atom is -0.343 e. The van der Waals surface area contributed by atoms with Crippen LogP contribution in [0.25, 0.3) is 0 Å². The molecule has 3 rings (SSSR count). The Bertz CT molecular complexity index is 889. The summed E-state index contributed by atoms with van der Waals surface area (Å²) in [6.07, 6.45) is 0. The van der Waals surface area contributed by atoms with Gasteiger partial charge in [-0.05, 0) is 24.6 Å². The first-order chi connectivity index (χ1) is 12.6. The number of carbonyl (C=O) groups excluding carboxylic acids is 2. The highest BCUT2D eigenvalue weighted by Crippen LogP contribution is 2.13. The molecule has 6 heteroatoms. The third-order valence-electron chi connectivity index (χ3n) is 3.79. The van der Waals surface area contributed by atoms with Crippen LogP contribution in [0.5, 0.6) is 0 Å². The van der Waals surface area contributed by atoms with Crippen molar-refractivity contribution in [3.8, 4) is 0 Å². The first-order valence-corrected chi connectivity index (χ1v) is 8.33. The lowest BCUT2D eigenvalue weighted by Gasteiger charge is -2.10. The third kappa shape index (κ3) is 4.57.